The highest BCUT2D eigenvalue weighted by Crippen LogP contribution is 2.35. The molecule has 0 saturated carbocycles. The number of carbonyl (C=O) groups excluding carboxylic acids is 1. The van der Waals surface area contributed by atoms with Crippen molar-refractivity contribution >= 4 is 27.9 Å². The summed E-state index contributed by atoms with van der Waals surface area (Å²) in [6, 6.07) is 6.54. The minimum atomic E-state index is -0.505. The van der Waals surface area contributed by atoms with E-state index in [2.05, 4.69) is 0 Å². The third kappa shape index (κ3) is 2.54. The number of carbonyl (C=O) groups is 1. The summed E-state index contributed by atoms with van der Waals surface area (Å²) < 4.78 is 15.9. The maximum atomic E-state index is 11.9. The van der Waals surface area contributed by atoms with Gasteiger partial charge in [0.05, 0.1) is 6.26 Å². The first kappa shape index (κ1) is 13.4. The van der Waals surface area contributed by atoms with Crippen LogP contribution in [0.2, 0.25) is 0 Å². The fourth-order valence-corrected chi connectivity index (χ4v) is 2.19. The Morgan fingerprint density at radius 1 is 1.19 bits per heavy atom. The van der Waals surface area contributed by atoms with Gasteiger partial charge >= 0.3 is 11.6 Å². The van der Waals surface area contributed by atoms with E-state index in [1.807, 2.05) is 19.9 Å². The fourth-order valence-electron chi connectivity index (χ4n) is 2.19. The van der Waals surface area contributed by atoms with Crippen LogP contribution in [-0.4, -0.2) is 5.97 Å². The Balaban J connectivity index is 2.19. The van der Waals surface area contributed by atoms with Gasteiger partial charge < -0.3 is 13.6 Å². The smallest absolute Gasteiger partial charge is 0.336 e. The molecule has 3 aromatic rings. The molecule has 0 aliphatic rings. The molecule has 3 rings (SSSR count). The van der Waals surface area contributed by atoms with Gasteiger partial charge in [-0.2, -0.15) is 0 Å². The molecule has 0 spiro atoms. The van der Waals surface area contributed by atoms with Crippen LogP contribution in [0, 0.1) is 5.92 Å². The summed E-state index contributed by atoms with van der Waals surface area (Å²) in [4.78, 5) is 23.4. The SMILES string of the molecule is CC(C)CC(=O)Oc1c2occc2cc2ccc(=O)oc12. The van der Waals surface area contributed by atoms with E-state index in [4.69, 9.17) is 13.6 Å². The van der Waals surface area contributed by atoms with Gasteiger partial charge in [0.25, 0.3) is 0 Å². The van der Waals surface area contributed by atoms with Gasteiger partial charge in [-0.15, -0.1) is 0 Å². The van der Waals surface area contributed by atoms with Crippen LogP contribution in [0.15, 0.2) is 44.2 Å². The van der Waals surface area contributed by atoms with Gasteiger partial charge in [0, 0.05) is 23.3 Å². The summed E-state index contributed by atoms with van der Waals surface area (Å²) in [6.07, 6.45) is 1.77. The second-order valence-corrected chi connectivity index (χ2v) is 5.29. The topological polar surface area (TPSA) is 69.7 Å². The molecule has 108 valence electrons. The van der Waals surface area contributed by atoms with E-state index in [0.29, 0.717) is 11.0 Å². The van der Waals surface area contributed by atoms with Crippen LogP contribution in [-0.2, 0) is 4.79 Å². The first-order chi connectivity index (χ1) is 10.0. The Hall–Kier alpha value is -2.56. The van der Waals surface area contributed by atoms with Crippen molar-refractivity contribution in [2.75, 3.05) is 0 Å². The van der Waals surface area contributed by atoms with Gasteiger partial charge in [0.2, 0.25) is 5.75 Å². The van der Waals surface area contributed by atoms with Crippen molar-refractivity contribution in [1.29, 1.82) is 0 Å². The van der Waals surface area contributed by atoms with Crippen molar-refractivity contribution in [2.24, 2.45) is 5.92 Å². The Kier molecular flexibility index (Phi) is 3.25. The van der Waals surface area contributed by atoms with E-state index in [-0.39, 0.29) is 29.6 Å². The molecular formula is C16H14O5. The molecule has 0 aliphatic carbocycles. The Bertz CT molecular complexity index is 869. The maximum absolute atomic E-state index is 11.9. The lowest BCUT2D eigenvalue weighted by Crippen LogP contribution is -2.11. The first-order valence-corrected chi connectivity index (χ1v) is 6.69. The van der Waals surface area contributed by atoms with Crippen LogP contribution in [0.4, 0.5) is 0 Å². The first-order valence-electron chi connectivity index (χ1n) is 6.69. The molecule has 0 N–H and O–H groups in total. The molecule has 0 aliphatic heterocycles. The van der Waals surface area contributed by atoms with Crippen molar-refractivity contribution in [3.05, 3.63) is 40.9 Å². The number of hydrogen-bond donors (Lipinski definition) is 0. The number of fused-ring (bicyclic) bond motifs is 2. The summed E-state index contributed by atoms with van der Waals surface area (Å²) in [6.45, 7) is 3.85. The van der Waals surface area contributed by atoms with Gasteiger partial charge in [-0.1, -0.05) is 13.8 Å². The quantitative estimate of drug-likeness (QED) is 0.419. The Labute approximate surface area is 120 Å². The summed E-state index contributed by atoms with van der Waals surface area (Å²) in [5, 5.41) is 1.46. The van der Waals surface area contributed by atoms with Crippen LogP contribution < -0.4 is 10.4 Å². The van der Waals surface area contributed by atoms with E-state index in [0.717, 1.165) is 5.39 Å². The number of benzene rings is 1. The molecule has 0 radical (unpaired) electrons. The van der Waals surface area contributed by atoms with Crippen molar-refractivity contribution < 1.29 is 18.4 Å². The zero-order chi connectivity index (χ0) is 15.0. The van der Waals surface area contributed by atoms with Gasteiger partial charge in [-0.3, -0.25) is 4.79 Å². The van der Waals surface area contributed by atoms with Gasteiger partial charge in [-0.25, -0.2) is 4.79 Å². The van der Waals surface area contributed by atoms with E-state index in [1.165, 1.54) is 12.3 Å². The minimum Gasteiger partial charge on any atom is -0.460 e. The minimum absolute atomic E-state index is 0.163. The van der Waals surface area contributed by atoms with E-state index in [1.54, 1.807) is 12.1 Å². The monoisotopic (exact) mass is 286 g/mol. The molecule has 2 aromatic heterocycles. The van der Waals surface area contributed by atoms with Crippen molar-refractivity contribution in [3.63, 3.8) is 0 Å². The van der Waals surface area contributed by atoms with Gasteiger partial charge in [0.15, 0.2) is 11.2 Å². The lowest BCUT2D eigenvalue weighted by Gasteiger charge is -2.08. The summed E-state index contributed by atoms with van der Waals surface area (Å²) in [5.41, 5.74) is 0.116. The molecule has 21 heavy (non-hydrogen) atoms. The molecular weight excluding hydrogens is 272 g/mol. The van der Waals surface area contributed by atoms with Crippen molar-refractivity contribution in [3.8, 4) is 5.75 Å². The molecule has 0 unspecified atom stereocenters. The number of furan rings is 1. The standard InChI is InChI=1S/C16H14O5/c1-9(2)7-13(18)21-16-14-11(5-6-19-14)8-10-3-4-12(17)20-15(10)16/h3-6,8-9H,7H2,1-2H3. The van der Waals surface area contributed by atoms with Crippen LogP contribution in [0.5, 0.6) is 5.75 Å². The van der Waals surface area contributed by atoms with E-state index >= 15 is 0 Å². The molecule has 5 nitrogen and oxygen atoms in total. The summed E-state index contributed by atoms with van der Waals surface area (Å²) in [7, 11) is 0. The average molecular weight is 286 g/mol. The van der Waals surface area contributed by atoms with Crippen LogP contribution in [0.25, 0.3) is 21.9 Å². The second-order valence-electron chi connectivity index (χ2n) is 5.29. The Morgan fingerprint density at radius 3 is 2.71 bits per heavy atom. The maximum Gasteiger partial charge on any atom is 0.336 e. The number of ether oxygens (including phenoxy) is 1. The predicted octanol–water partition coefficient (Wildman–Crippen LogP) is 3.49. The number of hydrogen-bond acceptors (Lipinski definition) is 5. The number of rotatable bonds is 3. The third-order valence-electron chi connectivity index (χ3n) is 3.07. The lowest BCUT2D eigenvalue weighted by atomic mass is 10.1. The number of esters is 1. The molecule has 0 amide bonds. The van der Waals surface area contributed by atoms with Crippen LogP contribution in [0.1, 0.15) is 20.3 Å². The second kappa shape index (κ2) is 5.09. The summed E-state index contributed by atoms with van der Waals surface area (Å²) >= 11 is 0. The van der Waals surface area contributed by atoms with Gasteiger partial charge in [0.1, 0.15) is 0 Å². The molecule has 0 fully saturated rings. The lowest BCUT2D eigenvalue weighted by molar-refractivity contribution is -0.135. The zero-order valence-corrected chi connectivity index (χ0v) is 11.7. The molecule has 1 aromatic carbocycles. The van der Waals surface area contributed by atoms with Crippen molar-refractivity contribution in [2.45, 2.75) is 20.3 Å². The molecule has 0 saturated heterocycles. The van der Waals surface area contributed by atoms with Crippen LogP contribution in [0.3, 0.4) is 0 Å². The molecule has 2 heterocycles. The largest absolute Gasteiger partial charge is 0.460 e. The highest BCUT2D eigenvalue weighted by atomic mass is 16.5. The highest BCUT2D eigenvalue weighted by Gasteiger charge is 2.18. The van der Waals surface area contributed by atoms with E-state index < -0.39 is 5.63 Å². The molecule has 5 heteroatoms. The fraction of sp³-hybridized carbons (Fsp3) is 0.250. The highest BCUT2D eigenvalue weighted by molar-refractivity contribution is 6.01. The summed E-state index contributed by atoms with van der Waals surface area (Å²) in [5.74, 6) is -0.0517. The molecule has 0 atom stereocenters. The van der Waals surface area contributed by atoms with E-state index in [9.17, 15) is 9.59 Å². The molecule has 0 bridgehead atoms. The van der Waals surface area contributed by atoms with Gasteiger partial charge in [-0.05, 0) is 24.1 Å². The third-order valence-corrected chi connectivity index (χ3v) is 3.07. The van der Waals surface area contributed by atoms with Crippen molar-refractivity contribution in [1.82, 2.24) is 0 Å². The van der Waals surface area contributed by atoms with Crippen LogP contribution >= 0.6 is 0 Å². The normalized spacial score (nSPS) is 11.4. The predicted molar refractivity (Wildman–Crippen MR) is 77.3 cm³/mol. The Morgan fingerprint density at radius 2 is 1.95 bits per heavy atom. The zero-order valence-electron chi connectivity index (χ0n) is 11.7. The average Bonchev–Trinajstić information content (AvgIpc) is 2.86.